The highest BCUT2D eigenvalue weighted by molar-refractivity contribution is 5.89. The summed E-state index contributed by atoms with van der Waals surface area (Å²) in [5, 5.41) is 57.5. The first kappa shape index (κ1) is 44.4. The molecule has 1 aromatic rings. The first-order chi connectivity index (χ1) is 25.0. The number of nitrogens with zero attached hydrogens (tertiary/aromatic N) is 2. The van der Waals surface area contributed by atoms with E-state index in [0.717, 1.165) is 12.1 Å². The molecule has 0 radical (unpaired) electrons. The number of hydrogen-bond acceptors (Lipinski definition) is 14. The van der Waals surface area contributed by atoms with Crippen molar-refractivity contribution in [3.05, 3.63) is 35.6 Å². The molecule has 54 heavy (non-hydrogen) atoms. The highest BCUT2D eigenvalue weighted by Crippen LogP contribution is 2.50. The lowest BCUT2D eigenvalue weighted by Crippen LogP contribution is -2.59. The Labute approximate surface area is 318 Å². The zero-order chi connectivity index (χ0) is 40.5. The summed E-state index contributed by atoms with van der Waals surface area (Å²) >= 11 is 0. The van der Waals surface area contributed by atoms with Crippen LogP contribution in [0.1, 0.15) is 85.0 Å². The molecular weight excluding hydrogens is 707 g/mol. The van der Waals surface area contributed by atoms with Crippen molar-refractivity contribution < 1.29 is 63.2 Å². The second kappa shape index (κ2) is 17.5. The van der Waals surface area contributed by atoms with Crippen LogP contribution in [0, 0.1) is 23.6 Å². The molecule has 0 aliphatic carbocycles. The van der Waals surface area contributed by atoms with Gasteiger partial charge in [-0.05, 0) is 98.2 Å². The predicted molar refractivity (Wildman–Crippen MR) is 194 cm³/mol. The minimum Gasteiger partial charge on any atom is -0.459 e. The predicted octanol–water partition coefficient (Wildman–Crippen LogP) is 2.07. The molecule has 0 amide bonds. The Bertz CT molecular complexity index is 1420. The molecule has 14 nitrogen and oxygen atoms in total. The van der Waals surface area contributed by atoms with Crippen molar-refractivity contribution in [2.45, 2.75) is 147 Å². The molecule has 3 fully saturated rings. The lowest BCUT2D eigenvalue weighted by atomic mass is 9.80. The van der Waals surface area contributed by atoms with Crippen LogP contribution in [0.25, 0.3) is 0 Å². The van der Waals surface area contributed by atoms with Crippen LogP contribution in [0.15, 0.2) is 24.3 Å². The highest BCUT2D eigenvalue weighted by atomic mass is 19.1. The number of esters is 2. The Morgan fingerprint density at radius 2 is 1.74 bits per heavy atom. The van der Waals surface area contributed by atoms with Gasteiger partial charge >= 0.3 is 11.9 Å². The maximum absolute atomic E-state index is 13.7. The number of carbonyl (C=O) groups excluding carboxylic acids is 2. The third-order valence-electron chi connectivity index (χ3n) is 11.9. The van der Waals surface area contributed by atoms with Crippen molar-refractivity contribution >= 4 is 11.9 Å². The quantitative estimate of drug-likeness (QED) is 0.230. The maximum Gasteiger partial charge on any atom is 0.338 e. The van der Waals surface area contributed by atoms with Gasteiger partial charge in [-0.15, -0.1) is 0 Å². The molecule has 3 aliphatic heterocycles. The summed E-state index contributed by atoms with van der Waals surface area (Å²) < 4.78 is 43.6. The van der Waals surface area contributed by atoms with Crippen LogP contribution >= 0.6 is 0 Å². The van der Waals surface area contributed by atoms with E-state index in [1.165, 1.54) is 26.0 Å². The van der Waals surface area contributed by atoms with E-state index in [1.807, 2.05) is 25.8 Å². The van der Waals surface area contributed by atoms with E-state index in [-0.39, 0.29) is 31.1 Å². The van der Waals surface area contributed by atoms with Crippen LogP contribution in [0.2, 0.25) is 0 Å². The van der Waals surface area contributed by atoms with Crippen molar-refractivity contribution in [3.8, 4) is 0 Å². The number of fused-ring (bicyclic) bond motifs is 2. The average molecular weight is 771 g/mol. The Hall–Kier alpha value is -2.31. The number of ether oxygens (including phenoxy) is 5. The van der Waals surface area contributed by atoms with Crippen LogP contribution in [-0.2, 0) is 28.5 Å². The third kappa shape index (κ3) is 9.44. The van der Waals surface area contributed by atoms with Gasteiger partial charge in [0.2, 0.25) is 0 Å². The number of benzene rings is 1. The molecular formula is C39H63FN2O12. The largest absolute Gasteiger partial charge is 0.459 e. The van der Waals surface area contributed by atoms with Gasteiger partial charge in [-0.3, -0.25) is 9.69 Å². The molecule has 3 saturated heterocycles. The first-order valence-electron chi connectivity index (χ1n) is 19.1. The van der Waals surface area contributed by atoms with E-state index in [9.17, 15) is 39.5 Å². The number of hydrogen-bond donors (Lipinski definition) is 5. The van der Waals surface area contributed by atoms with Gasteiger partial charge < -0.3 is 54.1 Å². The molecule has 2 bridgehead atoms. The lowest BCUT2D eigenvalue weighted by Gasteiger charge is -2.45. The lowest BCUT2D eigenvalue weighted by molar-refractivity contribution is -0.287. The van der Waals surface area contributed by atoms with Gasteiger partial charge in [0.25, 0.3) is 0 Å². The van der Waals surface area contributed by atoms with Crippen molar-refractivity contribution in [1.82, 2.24) is 9.80 Å². The molecule has 5 N–H and O–H groups in total. The summed E-state index contributed by atoms with van der Waals surface area (Å²) in [7, 11) is 3.55. The molecule has 4 rings (SSSR count). The Kier molecular flexibility index (Phi) is 14.3. The average Bonchev–Trinajstić information content (AvgIpc) is 3.29. The molecule has 1 aromatic carbocycles. The van der Waals surface area contributed by atoms with Gasteiger partial charge in [-0.2, -0.15) is 0 Å². The fourth-order valence-corrected chi connectivity index (χ4v) is 8.62. The van der Waals surface area contributed by atoms with Gasteiger partial charge in [-0.1, -0.05) is 20.8 Å². The van der Waals surface area contributed by atoms with E-state index in [0.29, 0.717) is 19.4 Å². The molecule has 15 heteroatoms. The zero-order valence-electron chi connectivity index (χ0n) is 33.3. The van der Waals surface area contributed by atoms with Gasteiger partial charge in [0.1, 0.15) is 48.4 Å². The topological polar surface area (TPSA) is 188 Å². The molecule has 308 valence electrons. The minimum absolute atomic E-state index is 0.0295. The maximum atomic E-state index is 13.7. The van der Waals surface area contributed by atoms with E-state index in [1.54, 1.807) is 39.6 Å². The fourth-order valence-electron chi connectivity index (χ4n) is 8.62. The Morgan fingerprint density at radius 3 is 2.35 bits per heavy atom. The number of aliphatic hydroxyl groups excluding tert-OH is 3. The molecule has 15 atom stereocenters. The van der Waals surface area contributed by atoms with Crippen molar-refractivity contribution in [1.29, 1.82) is 0 Å². The summed E-state index contributed by atoms with van der Waals surface area (Å²) in [6.07, 6.45) is -6.22. The highest BCUT2D eigenvalue weighted by Gasteiger charge is 2.64. The van der Waals surface area contributed by atoms with Crippen molar-refractivity contribution in [3.63, 3.8) is 0 Å². The summed E-state index contributed by atoms with van der Waals surface area (Å²) in [6, 6.07) is 3.80. The van der Waals surface area contributed by atoms with Crippen molar-refractivity contribution in [2.24, 2.45) is 17.8 Å². The molecule has 0 spiro atoms. The number of carbonyl (C=O) groups is 2. The standard InChI is InChI=1S/C39H63FN2O12/c1-11-30-38(8,48)32(45)25(6)41(9)18-21(2)17-37(7)33(23(4)39(49,54-37)24(5)34(46)52-30)53-36-31(44)29(16-22(3)51-36)42(10)19-28(43)20-50-35(47)26-12-14-27(40)15-13-26/h12-15,21-25,28-33,36,43-45,48-49H,11,16-20H2,1-10H3/t21-,22-,23-,24+,25-,28?,29?,30-,31?,32-,33-,36+,37-,38-,39?/m1/s1. The number of halogens is 1. The molecule has 4 unspecified atom stereocenters. The Balaban J connectivity index is 1.55. The molecule has 0 saturated carbocycles. The van der Waals surface area contributed by atoms with Crippen LogP contribution in [0.3, 0.4) is 0 Å². The SMILES string of the molecule is CC[C@H]1OC(=O)[C@H](C)C2(O)O[C@](C)(C[C@@H](C)CN(C)[C@H](C)[C@@H](O)[C@]1(C)O)[C@H](O[C@@H]1O[C@H](C)CC(N(C)CC(O)COC(=O)c3ccc(F)cc3)C1O)[C@H]2C. The number of likely N-dealkylation sites (N-methyl/N-ethyl adjacent to an activating group) is 2. The zero-order valence-corrected chi connectivity index (χ0v) is 33.3. The molecule has 3 aliphatic rings. The second-order valence-electron chi connectivity index (χ2n) is 16.5. The van der Waals surface area contributed by atoms with Crippen LogP contribution in [0.5, 0.6) is 0 Å². The van der Waals surface area contributed by atoms with Crippen molar-refractivity contribution in [2.75, 3.05) is 33.8 Å². The number of cyclic esters (lactones) is 1. The van der Waals surface area contributed by atoms with Crippen LogP contribution < -0.4 is 0 Å². The van der Waals surface area contributed by atoms with Crippen LogP contribution in [0.4, 0.5) is 4.39 Å². The third-order valence-corrected chi connectivity index (χ3v) is 11.9. The van der Waals surface area contributed by atoms with E-state index in [2.05, 4.69) is 0 Å². The second-order valence-corrected chi connectivity index (χ2v) is 16.5. The summed E-state index contributed by atoms with van der Waals surface area (Å²) in [5.74, 6) is -6.28. The Morgan fingerprint density at radius 1 is 1.11 bits per heavy atom. The minimum atomic E-state index is -2.08. The molecule has 0 aromatic heterocycles. The molecule has 3 heterocycles. The van der Waals surface area contributed by atoms with Gasteiger partial charge in [-0.25, -0.2) is 9.18 Å². The van der Waals surface area contributed by atoms with Crippen LogP contribution in [-0.4, -0.2) is 153 Å². The number of aliphatic hydroxyl groups is 5. The first-order valence-corrected chi connectivity index (χ1v) is 19.1. The fraction of sp³-hybridized carbons (Fsp3) is 0.795. The van der Waals surface area contributed by atoms with E-state index in [4.69, 9.17) is 23.7 Å². The van der Waals surface area contributed by atoms with E-state index < -0.39 is 102 Å². The van der Waals surface area contributed by atoms with Gasteiger partial charge in [0.15, 0.2) is 12.1 Å². The normalized spacial score (nSPS) is 41.9. The monoisotopic (exact) mass is 770 g/mol. The van der Waals surface area contributed by atoms with E-state index >= 15 is 0 Å². The summed E-state index contributed by atoms with van der Waals surface area (Å²) in [4.78, 5) is 29.8. The van der Waals surface area contributed by atoms with Gasteiger partial charge in [0.05, 0.1) is 23.4 Å². The summed E-state index contributed by atoms with van der Waals surface area (Å²) in [6.45, 7) is 14.0. The summed E-state index contributed by atoms with van der Waals surface area (Å²) in [5.41, 5.74) is -2.84. The number of rotatable bonds is 9. The smallest absolute Gasteiger partial charge is 0.338 e. The van der Waals surface area contributed by atoms with Gasteiger partial charge in [0, 0.05) is 31.1 Å².